The smallest absolute Gasteiger partial charge is 0.227 e. The number of hydrogen-bond donors (Lipinski definition) is 1. The van der Waals surface area contributed by atoms with E-state index in [2.05, 4.69) is 51.9 Å². The first kappa shape index (κ1) is 17.4. The summed E-state index contributed by atoms with van der Waals surface area (Å²) in [4.78, 5) is 14.3. The summed E-state index contributed by atoms with van der Waals surface area (Å²) in [5.74, 6) is 0.0199. The molecule has 20 heavy (non-hydrogen) atoms. The van der Waals surface area contributed by atoms with Crippen LogP contribution in [0.25, 0.3) is 0 Å². The van der Waals surface area contributed by atoms with Crippen LogP contribution in [0, 0.1) is 0 Å². The number of hydrogen-bond acceptors (Lipinski definition) is 2. The Bertz CT molecular complexity index is 432. The average Bonchev–Trinajstić information content (AvgIpc) is 2.42. The second kappa shape index (κ2) is 8.62. The minimum Gasteiger partial charge on any atom is -0.356 e. The van der Waals surface area contributed by atoms with Crippen molar-refractivity contribution >= 4 is 28.5 Å². The van der Waals surface area contributed by atoms with Gasteiger partial charge in [-0.1, -0.05) is 46.9 Å². The van der Waals surface area contributed by atoms with Crippen LogP contribution < -0.4 is 5.32 Å². The summed E-state index contributed by atoms with van der Waals surface area (Å²) in [5.41, 5.74) is 2.37. The summed E-state index contributed by atoms with van der Waals surface area (Å²) in [5, 5.41) is 3.02. The molecule has 1 aromatic carbocycles. The predicted molar refractivity (Wildman–Crippen MR) is 93.5 cm³/mol. The highest BCUT2D eigenvalue weighted by molar-refractivity contribution is 14.1. The summed E-state index contributed by atoms with van der Waals surface area (Å²) in [6.07, 6.45) is 0.982. The van der Waals surface area contributed by atoms with Crippen molar-refractivity contribution in [3.05, 3.63) is 35.4 Å². The molecule has 2 atom stereocenters. The molecular weight excluding hydrogens is 363 g/mol. The third kappa shape index (κ3) is 5.79. The molecule has 1 rings (SSSR count). The van der Waals surface area contributed by atoms with Gasteiger partial charge in [-0.25, -0.2) is 0 Å². The van der Waals surface area contributed by atoms with Crippen molar-refractivity contribution in [1.29, 1.82) is 0 Å². The van der Waals surface area contributed by atoms with Crippen molar-refractivity contribution in [3.8, 4) is 0 Å². The van der Waals surface area contributed by atoms with E-state index < -0.39 is 0 Å². The van der Waals surface area contributed by atoms with E-state index in [4.69, 9.17) is 0 Å². The number of nitrogens with one attached hydrogen (secondary N) is 1. The van der Waals surface area contributed by atoms with Gasteiger partial charge in [0.2, 0.25) is 5.91 Å². The van der Waals surface area contributed by atoms with Crippen LogP contribution in [0.3, 0.4) is 0 Å². The molecule has 0 saturated heterocycles. The maximum absolute atomic E-state index is 12.1. The molecule has 1 amide bonds. The van der Waals surface area contributed by atoms with Crippen LogP contribution >= 0.6 is 22.6 Å². The van der Waals surface area contributed by atoms with Gasteiger partial charge in [0.1, 0.15) is 0 Å². The molecule has 4 heteroatoms. The molecule has 0 aromatic heterocycles. The highest BCUT2D eigenvalue weighted by Crippen LogP contribution is 2.25. The van der Waals surface area contributed by atoms with E-state index in [1.165, 1.54) is 5.56 Å². The normalized spacial score (nSPS) is 14.1. The third-order valence-electron chi connectivity index (χ3n) is 3.34. The minimum atomic E-state index is -0.0931. The van der Waals surface area contributed by atoms with Crippen LogP contribution in [0.1, 0.15) is 41.2 Å². The zero-order chi connectivity index (χ0) is 15.1. The van der Waals surface area contributed by atoms with E-state index in [1.54, 1.807) is 0 Å². The lowest BCUT2D eigenvalue weighted by atomic mass is 9.97. The summed E-state index contributed by atoms with van der Waals surface area (Å²) >= 11 is 2.39. The lowest BCUT2D eigenvalue weighted by molar-refractivity contribution is -0.122. The van der Waals surface area contributed by atoms with Crippen LogP contribution in [0.15, 0.2) is 24.3 Å². The van der Waals surface area contributed by atoms with E-state index in [0.29, 0.717) is 3.92 Å². The largest absolute Gasteiger partial charge is 0.356 e. The molecule has 0 spiro atoms. The minimum absolute atomic E-state index is 0.0931. The van der Waals surface area contributed by atoms with Crippen LogP contribution in [0.4, 0.5) is 0 Å². The second-order valence-corrected chi connectivity index (χ2v) is 7.32. The van der Waals surface area contributed by atoms with Crippen molar-refractivity contribution in [3.63, 3.8) is 0 Å². The van der Waals surface area contributed by atoms with Gasteiger partial charge in [0.15, 0.2) is 0 Å². The number of benzene rings is 1. The molecule has 0 aliphatic rings. The fraction of sp³-hybridized carbons (Fsp3) is 0.562. The summed E-state index contributed by atoms with van der Waals surface area (Å²) in [7, 11) is 4.09. The SMILES string of the molecule is CC(I)c1cccc([C@@H](C)C(=O)NCCCN(C)C)c1. The Morgan fingerprint density at radius 2 is 1.95 bits per heavy atom. The number of alkyl halides is 1. The molecule has 0 radical (unpaired) electrons. The van der Waals surface area contributed by atoms with E-state index in [1.807, 2.05) is 33.2 Å². The van der Waals surface area contributed by atoms with Gasteiger partial charge in [-0.15, -0.1) is 0 Å². The number of rotatable bonds is 7. The summed E-state index contributed by atoms with van der Waals surface area (Å²) in [6.45, 7) is 5.87. The van der Waals surface area contributed by atoms with Gasteiger partial charge >= 0.3 is 0 Å². The molecule has 1 aromatic rings. The van der Waals surface area contributed by atoms with Crippen molar-refractivity contribution in [2.45, 2.75) is 30.1 Å². The molecule has 0 aliphatic heterocycles. The molecule has 0 saturated carbocycles. The zero-order valence-corrected chi connectivity index (χ0v) is 15.0. The Balaban J connectivity index is 2.54. The molecule has 1 N–H and O–H groups in total. The van der Waals surface area contributed by atoms with Crippen molar-refractivity contribution in [2.75, 3.05) is 27.2 Å². The molecular formula is C16H25IN2O. The molecule has 3 nitrogen and oxygen atoms in total. The van der Waals surface area contributed by atoms with E-state index >= 15 is 0 Å². The first-order valence-corrected chi connectivity index (χ1v) is 8.32. The summed E-state index contributed by atoms with van der Waals surface area (Å²) < 4.78 is 0.461. The molecule has 1 unspecified atom stereocenters. The Hall–Kier alpha value is -0.620. The quantitative estimate of drug-likeness (QED) is 0.442. The Morgan fingerprint density at radius 1 is 1.30 bits per heavy atom. The fourth-order valence-electron chi connectivity index (χ4n) is 1.99. The van der Waals surface area contributed by atoms with E-state index in [0.717, 1.165) is 25.1 Å². The lowest BCUT2D eigenvalue weighted by Gasteiger charge is -2.15. The molecule has 0 fully saturated rings. The number of halogens is 1. The topological polar surface area (TPSA) is 32.3 Å². The highest BCUT2D eigenvalue weighted by Gasteiger charge is 2.15. The summed E-state index contributed by atoms with van der Waals surface area (Å²) in [6, 6.07) is 8.33. The van der Waals surface area contributed by atoms with Crippen LogP contribution in [-0.2, 0) is 4.79 Å². The first-order chi connectivity index (χ1) is 9.41. The Morgan fingerprint density at radius 3 is 2.55 bits per heavy atom. The van der Waals surface area contributed by atoms with Gasteiger partial charge < -0.3 is 10.2 Å². The Kier molecular flexibility index (Phi) is 7.51. The number of carbonyl (C=O) groups excluding carboxylic acids is 1. The molecule has 0 aliphatic carbocycles. The standard InChI is InChI=1S/C16H25IN2O/c1-12(16(20)18-9-6-10-19(3)4)14-7-5-8-15(11-14)13(2)17/h5,7-8,11-13H,6,9-10H2,1-4H3,(H,18,20)/t12-,13?/m1/s1. The zero-order valence-electron chi connectivity index (χ0n) is 12.8. The molecule has 0 bridgehead atoms. The maximum atomic E-state index is 12.1. The number of nitrogens with zero attached hydrogens (tertiary/aromatic N) is 1. The van der Waals surface area contributed by atoms with Gasteiger partial charge in [-0.2, -0.15) is 0 Å². The fourth-order valence-corrected chi connectivity index (χ4v) is 2.37. The number of amides is 1. The molecule has 112 valence electrons. The van der Waals surface area contributed by atoms with Crippen LogP contribution in [-0.4, -0.2) is 38.0 Å². The third-order valence-corrected chi connectivity index (χ3v) is 4.06. The van der Waals surface area contributed by atoms with E-state index in [-0.39, 0.29) is 11.8 Å². The van der Waals surface area contributed by atoms with Crippen LogP contribution in [0.5, 0.6) is 0 Å². The van der Waals surface area contributed by atoms with Gasteiger partial charge in [0.05, 0.1) is 5.92 Å². The van der Waals surface area contributed by atoms with Gasteiger partial charge in [-0.3, -0.25) is 4.79 Å². The van der Waals surface area contributed by atoms with Crippen molar-refractivity contribution < 1.29 is 4.79 Å². The highest BCUT2D eigenvalue weighted by atomic mass is 127. The van der Waals surface area contributed by atoms with Crippen LogP contribution in [0.2, 0.25) is 0 Å². The second-order valence-electron chi connectivity index (χ2n) is 5.46. The molecule has 0 heterocycles. The van der Waals surface area contributed by atoms with Gasteiger partial charge in [0, 0.05) is 10.5 Å². The van der Waals surface area contributed by atoms with Gasteiger partial charge in [-0.05, 0) is 52.0 Å². The Labute approximate surface area is 136 Å². The van der Waals surface area contributed by atoms with Crippen molar-refractivity contribution in [2.24, 2.45) is 0 Å². The maximum Gasteiger partial charge on any atom is 0.227 e. The monoisotopic (exact) mass is 388 g/mol. The lowest BCUT2D eigenvalue weighted by Crippen LogP contribution is -2.30. The van der Waals surface area contributed by atoms with Gasteiger partial charge in [0.25, 0.3) is 0 Å². The predicted octanol–water partition coefficient (Wildman–Crippen LogP) is 3.35. The van der Waals surface area contributed by atoms with E-state index in [9.17, 15) is 4.79 Å². The van der Waals surface area contributed by atoms with Crippen molar-refractivity contribution in [1.82, 2.24) is 10.2 Å². The first-order valence-electron chi connectivity index (χ1n) is 7.08. The average molecular weight is 388 g/mol. The number of carbonyl (C=O) groups is 1.